The maximum Gasteiger partial charge on any atom is 0.328 e. The van der Waals surface area contributed by atoms with E-state index in [4.69, 9.17) is 4.74 Å². The highest BCUT2D eigenvalue weighted by Gasteiger charge is 2.25. The smallest absolute Gasteiger partial charge is 0.328 e. The summed E-state index contributed by atoms with van der Waals surface area (Å²) in [4.78, 5) is 23.7. The fourth-order valence-electron chi connectivity index (χ4n) is 2.16. The van der Waals surface area contributed by atoms with Gasteiger partial charge in [0.15, 0.2) is 0 Å². The molecule has 22 heavy (non-hydrogen) atoms. The maximum absolute atomic E-state index is 12.0. The van der Waals surface area contributed by atoms with Crippen molar-refractivity contribution >= 4 is 11.9 Å². The molecule has 0 saturated heterocycles. The summed E-state index contributed by atoms with van der Waals surface area (Å²) in [6.07, 6.45) is 9.62. The number of hydrogen-bond acceptors (Lipinski definition) is 5. The van der Waals surface area contributed by atoms with Gasteiger partial charge in [-0.25, -0.2) is 9.48 Å². The fraction of sp³-hybridized carbons (Fsp3) is 0.467. The van der Waals surface area contributed by atoms with Crippen molar-refractivity contribution in [2.45, 2.75) is 32.4 Å². The molecule has 0 bridgehead atoms. The van der Waals surface area contributed by atoms with Crippen LogP contribution in [0, 0.1) is 5.92 Å². The lowest BCUT2D eigenvalue weighted by molar-refractivity contribution is -0.146. The Morgan fingerprint density at radius 2 is 2.05 bits per heavy atom. The van der Waals surface area contributed by atoms with Gasteiger partial charge >= 0.3 is 5.97 Å². The number of hydrogen-bond donors (Lipinski definition) is 1. The molecule has 0 saturated carbocycles. The topological polar surface area (TPSA) is 86.1 Å². The number of carbonyl (C=O) groups excluding carboxylic acids is 2. The Morgan fingerprint density at radius 3 is 2.64 bits per heavy atom. The van der Waals surface area contributed by atoms with Gasteiger partial charge in [0.2, 0.25) is 5.91 Å². The lowest BCUT2D eigenvalue weighted by atomic mass is 10.0. The number of methoxy groups -OCH3 is 1. The minimum Gasteiger partial charge on any atom is -0.467 e. The highest BCUT2D eigenvalue weighted by molar-refractivity contribution is 5.84. The summed E-state index contributed by atoms with van der Waals surface area (Å²) >= 11 is 0. The van der Waals surface area contributed by atoms with Crippen LogP contribution in [0.5, 0.6) is 0 Å². The number of rotatable bonds is 6. The van der Waals surface area contributed by atoms with Gasteiger partial charge in [-0.2, -0.15) is 0 Å². The molecule has 0 aliphatic heterocycles. The zero-order chi connectivity index (χ0) is 16.1. The fourth-order valence-corrected chi connectivity index (χ4v) is 2.16. The van der Waals surface area contributed by atoms with Crippen molar-refractivity contribution in [1.29, 1.82) is 0 Å². The molecule has 1 aromatic heterocycles. The summed E-state index contributed by atoms with van der Waals surface area (Å²) in [6, 6.07) is -0.666. The van der Waals surface area contributed by atoms with Gasteiger partial charge in [0.25, 0.3) is 0 Å². The molecule has 0 radical (unpaired) electrons. The van der Waals surface area contributed by atoms with Crippen LogP contribution in [0.15, 0.2) is 30.5 Å². The third kappa shape index (κ3) is 3.81. The summed E-state index contributed by atoms with van der Waals surface area (Å²) < 4.78 is 6.15. The summed E-state index contributed by atoms with van der Waals surface area (Å²) in [5, 5.41) is 10.7. The molecule has 7 nitrogen and oxygen atoms in total. The van der Waals surface area contributed by atoms with E-state index in [0.717, 1.165) is 5.69 Å². The van der Waals surface area contributed by atoms with Crippen LogP contribution >= 0.6 is 0 Å². The first kappa shape index (κ1) is 15.9. The number of amides is 1. The minimum absolute atomic E-state index is 0.00730. The zero-order valence-corrected chi connectivity index (χ0v) is 12.9. The number of ether oxygens (including phenoxy) is 1. The molecule has 7 heteroatoms. The molecule has 1 heterocycles. The van der Waals surface area contributed by atoms with Crippen molar-refractivity contribution in [3.05, 3.63) is 36.2 Å². The summed E-state index contributed by atoms with van der Waals surface area (Å²) in [5.74, 6) is -0.714. The van der Waals surface area contributed by atoms with Crippen LogP contribution in [0.2, 0.25) is 0 Å². The van der Waals surface area contributed by atoms with Gasteiger partial charge in [0.05, 0.1) is 12.8 Å². The number of esters is 1. The van der Waals surface area contributed by atoms with Crippen molar-refractivity contribution in [1.82, 2.24) is 20.3 Å². The van der Waals surface area contributed by atoms with Gasteiger partial charge in [-0.3, -0.25) is 4.79 Å². The molecule has 0 spiro atoms. The third-order valence-corrected chi connectivity index (χ3v) is 3.39. The second-order valence-electron chi connectivity index (χ2n) is 5.45. The van der Waals surface area contributed by atoms with Crippen LogP contribution in [0.3, 0.4) is 0 Å². The van der Waals surface area contributed by atoms with Crippen molar-refractivity contribution in [3.8, 4) is 0 Å². The summed E-state index contributed by atoms with van der Waals surface area (Å²) in [5.41, 5.74) is 0.783. The predicted molar refractivity (Wildman–Crippen MR) is 79.8 cm³/mol. The molecule has 0 unspecified atom stereocenters. The van der Waals surface area contributed by atoms with E-state index < -0.39 is 12.0 Å². The number of aromatic nitrogens is 3. The number of carbonyl (C=O) groups is 2. The largest absolute Gasteiger partial charge is 0.467 e. The first-order valence-electron chi connectivity index (χ1n) is 7.13. The molecular weight excluding hydrogens is 284 g/mol. The number of allylic oxidation sites excluding steroid dienone is 4. The Hall–Kier alpha value is -2.44. The maximum atomic E-state index is 12.0. The van der Waals surface area contributed by atoms with Crippen molar-refractivity contribution < 1.29 is 14.3 Å². The van der Waals surface area contributed by atoms with Gasteiger partial charge in [-0.15, -0.1) is 5.10 Å². The van der Waals surface area contributed by atoms with E-state index in [1.54, 1.807) is 6.20 Å². The van der Waals surface area contributed by atoms with Crippen LogP contribution in [0.1, 0.15) is 25.5 Å². The first-order valence-corrected chi connectivity index (χ1v) is 7.13. The molecule has 118 valence electrons. The lowest BCUT2D eigenvalue weighted by Crippen LogP contribution is -2.46. The Labute approximate surface area is 129 Å². The monoisotopic (exact) mass is 304 g/mol. The van der Waals surface area contributed by atoms with E-state index in [-0.39, 0.29) is 24.3 Å². The molecule has 1 aliphatic rings. The summed E-state index contributed by atoms with van der Waals surface area (Å²) in [7, 11) is 1.30. The van der Waals surface area contributed by atoms with Gasteiger partial charge in [0, 0.05) is 12.1 Å². The van der Waals surface area contributed by atoms with Crippen molar-refractivity contribution in [3.63, 3.8) is 0 Å². The van der Waals surface area contributed by atoms with Crippen LogP contribution in [-0.4, -0.2) is 40.0 Å². The van der Waals surface area contributed by atoms with Gasteiger partial charge in [0.1, 0.15) is 12.6 Å². The molecule has 1 aromatic rings. The third-order valence-electron chi connectivity index (χ3n) is 3.39. The van der Waals surface area contributed by atoms with E-state index in [9.17, 15) is 9.59 Å². The average Bonchev–Trinajstić information content (AvgIpc) is 3.14. The van der Waals surface area contributed by atoms with Crippen LogP contribution in [0.25, 0.3) is 0 Å². The zero-order valence-electron chi connectivity index (χ0n) is 12.9. The highest BCUT2D eigenvalue weighted by Crippen LogP contribution is 2.20. The molecule has 1 aliphatic carbocycles. The molecule has 2 rings (SSSR count). The summed E-state index contributed by atoms with van der Waals surface area (Å²) in [6.45, 7) is 3.69. The molecule has 1 N–H and O–H groups in total. The van der Waals surface area contributed by atoms with E-state index in [1.165, 1.54) is 11.8 Å². The van der Waals surface area contributed by atoms with Gasteiger partial charge < -0.3 is 10.1 Å². The van der Waals surface area contributed by atoms with E-state index in [2.05, 4.69) is 15.6 Å². The lowest BCUT2D eigenvalue weighted by Gasteiger charge is -2.19. The molecule has 1 atom stereocenters. The Morgan fingerprint density at radius 1 is 1.36 bits per heavy atom. The van der Waals surface area contributed by atoms with E-state index >= 15 is 0 Å². The highest BCUT2D eigenvalue weighted by atomic mass is 16.5. The average molecular weight is 304 g/mol. The minimum atomic E-state index is -0.666. The Kier molecular flexibility index (Phi) is 5.08. The van der Waals surface area contributed by atoms with Gasteiger partial charge in [-0.05, 0) is 5.92 Å². The second-order valence-corrected chi connectivity index (χ2v) is 5.45. The normalized spacial score (nSPS) is 15.3. The number of nitrogens with zero attached hydrogens (tertiary/aromatic N) is 3. The number of nitrogens with one attached hydrogen (secondary N) is 1. The van der Waals surface area contributed by atoms with Crippen LogP contribution in [0.4, 0.5) is 0 Å². The molecular formula is C15H20N4O3. The van der Waals surface area contributed by atoms with E-state index in [1.807, 2.05) is 38.2 Å². The van der Waals surface area contributed by atoms with Crippen molar-refractivity contribution in [2.75, 3.05) is 7.11 Å². The first-order chi connectivity index (χ1) is 10.5. The Balaban J connectivity index is 1.95. The van der Waals surface area contributed by atoms with Crippen LogP contribution < -0.4 is 5.32 Å². The quantitative estimate of drug-likeness (QED) is 0.786. The second kappa shape index (κ2) is 7.02. The predicted octanol–water partition coefficient (Wildman–Crippen LogP) is 0.801. The molecule has 1 amide bonds. The Bertz CT molecular complexity index is 592. The SMILES string of the molecule is COC(=O)[C@@H](NC(=O)Cn1cc(C2C=CC=C2)nn1)C(C)C. The van der Waals surface area contributed by atoms with E-state index in [0.29, 0.717) is 0 Å². The van der Waals surface area contributed by atoms with Crippen molar-refractivity contribution in [2.24, 2.45) is 5.92 Å². The molecule has 0 aromatic carbocycles. The standard InChI is InChI=1S/C15H20N4O3/c1-10(2)14(15(21)22-3)16-13(20)9-19-8-12(17-18-19)11-6-4-5-7-11/h4-8,10-11,14H,9H2,1-3H3,(H,16,20)/t14-/m0/s1. The van der Waals surface area contributed by atoms with Gasteiger partial charge in [-0.1, -0.05) is 43.4 Å². The van der Waals surface area contributed by atoms with Crippen LogP contribution in [-0.2, 0) is 20.9 Å². The molecule has 0 fully saturated rings.